The Labute approximate surface area is 106 Å². The van der Waals surface area contributed by atoms with Crippen molar-refractivity contribution in [1.82, 2.24) is 5.32 Å². The van der Waals surface area contributed by atoms with Crippen LogP contribution in [0, 0.1) is 0 Å². The SMILES string of the molecule is CC(N=C(N)Nc1ccccc1)C(=O)NC1CC1. The first kappa shape index (κ1) is 12.4. The predicted molar refractivity (Wildman–Crippen MR) is 72.3 cm³/mol. The molecular formula is C13H18N4O. The molecule has 0 saturated heterocycles. The average Bonchev–Trinajstić information content (AvgIpc) is 3.14. The second-order valence-corrected chi connectivity index (χ2v) is 4.46. The molecular weight excluding hydrogens is 228 g/mol. The van der Waals surface area contributed by atoms with Crippen molar-refractivity contribution in [1.29, 1.82) is 0 Å². The monoisotopic (exact) mass is 246 g/mol. The van der Waals surface area contributed by atoms with Crippen molar-refractivity contribution in [2.45, 2.75) is 31.8 Å². The second-order valence-electron chi connectivity index (χ2n) is 4.46. The molecule has 1 aromatic rings. The van der Waals surface area contributed by atoms with E-state index < -0.39 is 6.04 Å². The van der Waals surface area contributed by atoms with Gasteiger partial charge in [0.25, 0.3) is 0 Å². The number of rotatable bonds is 4. The van der Waals surface area contributed by atoms with Crippen molar-refractivity contribution in [3.05, 3.63) is 30.3 Å². The molecule has 1 amide bonds. The van der Waals surface area contributed by atoms with E-state index in [-0.39, 0.29) is 11.9 Å². The second kappa shape index (κ2) is 5.53. The standard InChI is InChI=1S/C13H18N4O/c1-9(12(18)16-11-7-8-11)15-13(14)17-10-5-3-2-4-6-10/h2-6,9,11H,7-8H2,1H3,(H,16,18)(H3,14,15,17). The van der Waals surface area contributed by atoms with E-state index in [2.05, 4.69) is 15.6 Å². The maximum absolute atomic E-state index is 11.7. The minimum absolute atomic E-state index is 0.0738. The number of nitrogens with zero attached hydrogens (tertiary/aromatic N) is 1. The van der Waals surface area contributed by atoms with Crippen LogP contribution in [0.3, 0.4) is 0 Å². The van der Waals surface area contributed by atoms with Crippen LogP contribution in [0.1, 0.15) is 19.8 Å². The zero-order chi connectivity index (χ0) is 13.0. The van der Waals surface area contributed by atoms with Crippen molar-refractivity contribution in [2.75, 3.05) is 5.32 Å². The molecule has 2 rings (SSSR count). The molecule has 1 fully saturated rings. The van der Waals surface area contributed by atoms with Crippen molar-refractivity contribution >= 4 is 17.6 Å². The number of hydrogen-bond acceptors (Lipinski definition) is 2. The first-order valence-corrected chi connectivity index (χ1v) is 6.11. The van der Waals surface area contributed by atoms with Gasteiger partial charge in [0, 0.05) is 11.7 Å². The molecule has 0 radical (unpaired) electrons. The van der Waals surface area contributed by atoms with Crippen LogP contribution in [0.4, 0.5) is 5.69 Å². The van der Waals surface area contributed by atoms with Crippen molar-refractivity contribution in [3.8, 4) is 0 Å². The molecule has 96 valence electrons. The number of para-hydroxylation sites is 1. The third-order valence-corrected chi connectivity index (χ3v) is 2.68. The van der Waals surface area contributed by atoms with Crippen LogP contribution in [0.15, 0.2) is 35.3 Å². The quantitative estimate of drug-likeness (QED) is 0.549. The first-order chi connectivity index (χ1) is 8.65. The number of anilines is 1. The van der Waals surface area contributed by atoms with E-state index in [9.17, 15) is 4.79 Å². The Balaban J connectivity index is 1.88. The molecule has 5 heteroatoms. The lowest BCUT2D eigenvalue weighted by Crippen LogP contribution is -2.35. The van der Waals surface area contributed by atoms with Gasteiger partial charge in [0.2, 0.25) is 5.91 Å². The molecule has 0 bridgehead atoms. The molecule has 1 aromatic carbocycles. The van der Waals surface area contributed by atoms with Crippen molar-refractivity contribution < 1.29 is 4.79 Å². The summed E-state index contributed by atoms with van der Waals surface area (Å²) in [6.45, 7) is 1.73. The molecule has 1 saturated carbocycles. The van der Waals surface area contributed by atoms with Gasteiger partial charge in [-0.1, -0.05) is 18.2 Å². The number of nitrogens with two attached hydrogens (primary N) is 1. The van der Waals surface area contributed by atoms with E-state index in [1.807, 2.05) is 30.3 Å². The van der Waals surface area contributed by atoms with Crippen LogP contribution in [0.5, 0.6) is 0 Å². The lowest BCUT2D eigenvalue weighted by molar-refractivity contribution is -0.122. The van der Waals surface area contributed by atoms with Gasteiger partial charge in [-0.25, -0.2) is 4.99 Å². The Morgan fingerprint density at radius 1 is 1.39 bits per heavy atom. The van der Waals surface area contributed by atoms with Crippen LogP contribution in [0.25, 0.3) is 0 Å². The number of amides is 1. The topological polar surface area (TPSA) is 79.5 Å². The Bertz CT molecular complexity index is 440. The number of guanidine groups is 1. The molecule has 18 heavy (non-hydrogen) atoms. The van der Waals surface area contributed by atoms with Gasteiger partial charge in [-0.3, -0.25) is 4.79 Å². The van der Waals surface area contributed by atoms with Crippen molar-refractivity contribution in [3.63, 3.8) is 0 Å². The highest BCUT2D eigenvalue weighted by Gasteiger charge is 2.25. The van der Waals surface area contributed by atoms with Crippen LogP contribution in [0.2, 0.25) is 0 Å². The lowest BCUT2D eigenvalue weighted by atomic mass is 10.3. The summed E-state index contributed by atoms with van der Waals surface area (Å²) < 4.78 is 0. The average molecular weight is 246 g/mol. The summed E-state index contributed by atoms with van der Waals surface area (Å²) in [7, 11) is 0. The zero-order valence-corrected chi connectivity index (χ0v) is 10.4. The fourth-order valence-corrected chi connectivity index (χ4v) is 1.52. The number of nitrogens with one attached hydrogen (secondary N) is 2. The summed E-state index contributed by atoms with van der Waals surface area (Å²) in [5, 5.41) is 5.84. The normalized spacial score (nSPS) is 17.1. The molecule has 0 aliphatic heterocycles. The van der Waals surface area contributed by atoms with Gasteiger partial charge < -0.3 is 16.4 Å². The van der Waals surface area contributed by atoms with Crippen LogP contribution in [-0.2, 0) is 4.79 Å². The molecule has 0 spiro atoms. The first-order valence-electron chi connectivity index (χ1n) is 6.11. The molecule has 0 aromatic heterocycles. The summed E-state index contributed by atoms with van der Waals surface area (Å²) >= 11 is 0. The Morgan fingerprint density at radius 2 is 2.06 bits per heavy atom. The summed E-state index contributed by atoms with van der Waals surface area (Å²) in [4.78, 5) is 15.8. The Kier molecular flexibility index (Phi) is 3.82. The summed E-state index contributed by atoms with van der Waals surface area (Å²) in [6, 6.07) is 9.37. The molecule has 1 unspecified atom stereocenters. The Morgan fingerprint density at radius 3 is 2.67 bits per heavy atom. The van der Waals surface area contributed by atoms with E-state index in [4.69, 9.17) is 5.73 Å². The minimum Gasteiger partial charge on any atom is -0.370 e. The lowest BCUT2D eigenvalue weighted by Gasteiger charge is -2.10. The molecule has 0 heterocycles. The largest absolute Gasteiger partial charge is 0.370 e. The maximum atomic E-state index is 11.7. The predicted octanol–water partition coefficient (Wildman–Crippen LogP) is 1.08. The van der Waals surface area contributed by atoms with Gasteiger partial charge in [0.15, 0.2) is 5.96 Å². The number of carbonyl (C=O) groups excluding carboxylic acids is 1. The van der Waals surface area contributed by atoms with E-state index >= 15 is 0 Å². The number of aliphatic imine (C=N–C) groups is 1. The zero-order valence-electron chi connectivity index (χ0n) is 10.4. The van der Waals surface area contributed by atoms with Crippen molar-refractivity contribution in [2.24, 2.45) is 10.7 Å². The molecule has 1 aliphatic carbocycles. The third kappa shape index (κ3) is 3.76. The van der Waals surface area contributed by atoms with E-state index in [0.717, 1.165) is 18.5 Å². The highest BCUT2D eigenvalue weighted by atomic mass is 16.2. The van der Waals surface area contributed by atoms with Gasteiger partial charge in [0.05, 0.1) is 0 Å². The fourth-order valence-electron chi connectivity index (χ4n) is 1.52. The van der Waals surface area contributed by atoms with E-state index in [0.29, 0.717) is 6.04 Å². The molecule has 5 nitrogen and oxygen atoms in total. The van der Waals surface area contributed by atoms with Crippen LogP contribution in [-0.4, -0.2) is 24.0 Å². The van der Waals surface area contributed by atoms with Gasteiger partial charge in [-0.2, -0.15) is 0 Å². The number of hydrogen-bond donors (Lipinski definition) is 3. The molecule has 4 N–H and O–H groups in total. The summed E-state index contributed by atoms with van der Waals surface area (Å²) in [5.41, 5.74) is 6.60. The summed E-state index contributed by atoms with van der Waals surface area (Å²) in [5.74, 6) is 0.176. The van der Waals surface area contributed by atoms with E-state index in [1.165, 1.54) is 0 Å². The highest BCUT2D eigenvalue weighted by molar-refractivity contribution is 5.94. The minimum atomic E-state index is -0.471. The number of benzene rings is 1. The molecule has 1 aliphatic rings. The van der Waals surface area contributed by atoms with Gasteiger partial charge in [-0.15, -0.1) is 0 Å². The third-order valence-electron chi connectivity index (χ3n) is 2.68. The smallest absolute Gasteiger partial charge is 0.244 e. The highest BCUT2D eigenvalue weighted by Crippen LogP contribution is 2.18. The van der Waals surface area contributed by atoms with Crippen LogP contribution >= 0.6 is 0 Å². The maximum Gasteiger partial charge on any atom is 0.244 e. The molecule has 1 atom stereocenters. The van der Waals surface area contributed by atoms with Gasteiger partial charge >= 0.3 is 0 Å². The van der Waals surface area contributed by atoms with Crippen LogP contribution < -0.4 is 16.4 Å². The van der Waals surface area contributed by atoms with Gasteiger partial charge in [-0.05, 0) is 31.9 Å². The summed E-state index contributed by atoms with van der Waals surface area (Å²) in [6.07, 6.45) is 2.14. The van der Waals surface area contributed by atoms with Gasteiger partial charge in [0.1, 0.15) is 6.04 Å². The number of carbonyl (C=O) groups is 1. The Hall–Kier alpha value is -2.04. The fraction of sp³-hybridized carbons (Fsp3) is 0.385. The van der Waals surface area contributed by atoms with E-state index in [1.54, 1.807) is 6.92 Å².